The molecule has 0 fully saturated rings. The summed E-state index contributed by atoms with van der Waals surface area (Å²) in [5.41, 5.74) is 9.80. The molecule has 0 aromatic heterocycles. The van der Waals surface area contributed by atoms with Crippen LogP contribution in [0.25, 0.3) is 32.7 Å². The molecule has 56 heavy (non-hydrogen) atoms. The molecule has 6 aromatic rings. The molecule has 14 nitrogen and oxygen atoms in total. The van der Waals surface area contributed by atoms with E-state index in [-0.39, 0.29) is 55.4 Å². The Morgan fingerprint density at radius 3 is 1.12 bits per heavy atom. The minimum Gasteiger partial charge on any atom is -0.403 e. The van der Waals surface area contributed by atoms with Gasteiger partial charge in [-0.25, -0.2) is 0 Å². The van der Waals surface area contributed by atoms with E-state index < -0.39 is 65.6 Å². The monoisotopic (exact) mass is 820 g/mol. The SMILES string of the molecule is Nc1c(/N=N/c2ccc(-c3ccc(/N=N/c4cc(S(=O)(=O)O)c5ccccc5c4N)c(OC(F)(F)F)c3)cc2OC(F)(F)F)cc(S(=O)(=O)O)c2ccccc12. The van der Waals surface area contributed by atoms with E-state index in [2.05, 4.69) is 29.9 Å². The lowest BCUT2D eigenvalue weighted by molar-refractivity contribution is -0.275. The molecular weight excluding hydrogens is 799 g/mol. The van der Waals surface area contributed by atoms with Crippen molar-refractivity contribution >= 4 is 75.9 Å². The first-order valence-corrected chi connectivity index (χ1v) is 18.2. The van der Waals surface area contributed by atoms with Crippen molar-refractivity contribution in [2.24, 2.45) is 20.5 Å². The number of fused-ring (bicyclic) bond motifs is 2. The molecule has 6 aromatic carbocycles. The van der Waals surface area contributed by atoms with Gasteiger partial charge in [-0.1, -0.05) is 60.7 Å². The van der Waals surface area contributed by atoms with Crippen LogP contribution >= 0.6 is 0 Å². The highest BCUT2D eigenvalue weighted by Gasteiger charge is 2.34. The minimum absolute atomic E-state index is 0.0300. The number of nitrogens with two attached hydrogens (primary N) is 2. The highest BCUT2D eigenvalue weighted by atomic mass is 32.2. The second kappa shape index (κ2) is 14.4. The number of rotatable bonds is 9. The zero-order valence-electron chi connectivity index (χ0n) is 27.6. The number of halogens is 6. The fourth-order valence-electron chi connectivity index (χ4n) is 5.47. The molecule has 0 aliphatic heterocycles. The number of benzene rings is 6. The zero-order chi connectivity index (χ0) is 40.8. The van der Waals surface area contributed by atoms with Crippen molar-refractivity contribution in [3.8, 4) is 22.6 Å². The van der Waals surface area contributed by atoms with Crippen molar-refractivity contribution < 1.29 is 61.8 Å². The molecule has 0 saturated heterocycles. The summed E-state index contributed by atoms with van der Waals surface area (Å²) in [6.45, 7) is 0. The van der Waals surface area contributed by atoms with Gasteiger partial charge >= 0.3 is 12.7 Å². The molecule has 0 atom stereocenters. The second-order valence-corrected chi connectivity index (χ2v) is 14.3. The molecule has 0 aliphatic carbocycles. The van der Waals surface area contributed by atoms with Gasteiger partial charge in [0, 0.05) is 21.5 Å². The number of azo groups is 2. The van der Waals surface area contributed by atoms with Crippen molar-refractivity contribution in [3.63, 3.8) is 0 Å². The number of anilines is 2. The number of hydrogen-bond acceptors (Lipinski definition) is 12. The van der Waals surface area contributed by atoms with Gasteiger partial charge < -0.3 is 20.9 Å². The third-order valence-corrected chi connectivity index (χ3v) is 9.63. The second-order valence-electron chi connectivity index (χ2n) is 11.5. The smallest absolute Gasteiger partial charge is 0.403 e. The van der Waals surface area contributed by atoms with Crippen LogP contribution in [0.5, 0.6) is 11.5 Å². The van der Waals surface area contributed by atoms with Crippen LogP contribution in [0.1, 0.15) is 0 Å². The molecule has 22 heteroatoms. The van der Waals surface area contributed by atoms with Crippen LogP contribution in [-0.2, 0) is 20.2 Å². The van der Waals surface area contributed by atoms with Crippen LogP contribution in [0.3, 0.4) is 0 Å². The maximum absolute atomic E-state index is 13.5. The van der Waals surface area contributed by atoms with Crippen LogP contribution in [0.4, 0.5) is 60.5 Å². The molecule has 0 heterocycles. The van der Waals surface area contributed by atoms with Crippen molar-refractivity contribution in [1.82, 2.24) is 0 Å². The largest absolute Gasteiger partial charge is 0.573 e. The quantitative estimate of drug-likeness (QED) is 0.0467. The molecular formula is C34H22F6N6O8S2. The molecule has 0 amide bonds. The Labute approximate surface area is 311 Å². The topological polar surface area (TPSA) is 229 Å². The summed E-state index contributed by atoms with van der Waals surface area (Å²) in [6, 6.07) is 19.0. The van der Waals surface area contributed by atoms with Gasteiger partial charge in [-0.3, -0.25) is 9.11 Å². The number of ether oxygens (including phenoxy) is 2. The van der Waals surface area contributed by atoms with Gasteiger partial charge in [0.05, 0.1) is 11.4 Å². The lowest BCUT2D eigenvalue weighted by Gasteiger charge is -2.15. The Kier molecular flexibility index (Phi) is 10.1. The molecule has 0 aliphatic rings. The van der Waals surface area contributed by atoms with E-state index in [0.29, 0.717) is 0 Å². The summed E-state index contributed by atoms with van der Waals surface area (Å²) < 4.78 is 157. The fourth-order valence-corrected chi connectivity index (χ4v) is 6.91. The Morgan fingerprint density at radius 2 is 0.804 bits per heavy atom. The van der Waals surface area contributed by atoms with Crippen LogP contribution in [0.15, 0.2) is 127 Å². The van der Waals surface area contributed by atoms with E-state index >= 15 is 0 Å². The third kappa shape index (κ3) is 8.62. The molecule has 290 valence electrons. The standard InChI is InChI=1S/C34H22F6N6O8S2/c35-33(36,37)53-27-13-17(9-11-23(27)43-45-25-15-29(55(47,48)49)19-5-1-3-7-21(19)31(25)41)18-10-12-24(28(14-18)54-34(38,39)40)44-46-26-16-30(56(50,51)52)20-6-2-4-8-22(20)32(26)42/h1-16H,41-42H2,(H,47,48,49)(H,50,51,52)/b45-43+,46-44+. The van der Waals surface area contributed by atoms with E-state index in [1.807, 2.05) is 0 Å². The summed E-state index contributed by atoms with van der Waals surface area (Å²) >= 11 is 0. The first-order valence-electron chi connectivity index (χ1n) is 15.3. The zero-order valence-corrected chi connectivity index (χ0v) is 29.2. The normalized spacial score (nSPS) is 12.9. The van der Waals surface area contributed by atoms with Crippen molar-refractivity contribution in [2.75, 3.05) is 11.5 Å². The fraction of sp³-hybridized carbons (Fsp3) is 0.0588. The summed E-state index contributed by atoms with van der Waals surface area (Å²) in [5, 5.41) is 15.4. The van der Waals surface area contributed by atoms with Crippen molar-refractivity contribution in [3.05, 3.63) is 97.1 Å². The van der Waals surface area contributed by atoms with Gasteiger partial charge in [0.15, 0.2) is 11.5 Å². The van der Waals surface area contributed by atoms with E-state index in [1.165, 1.54) is 48.5 Å². The number of hydrogen-bond donors (Lipinski definition) is 4. The van der Waals surface area contributed by atoms with Crippen molar-refractivity contribution in [2.45, 2.75) is 22.5 Å². The summed E-state index contributed by atoms with van der Waals surface area (Å²) in [7, 11) is -9.67. The highest BCUT2D eigenvalue weighted by molar-refractivity contribution is 7.86. The molecule has 0 saturated carbocycles. The number of nitrogen functional groups attached to an aromatic ring is 2. The Morgan fingerprint density at radius 1 is 0.482 bits per heavy atom. The first-order chi connectivity index (χ1) is 26.1. The van der Waals surface area contributed by atoms with Gasteiger partial charge in [0.2, 0.25) is 0 Å². The van der Waals surface area contributed by atoms with Gasteiger partial charge in [0.25, 0.3) is 20.2 Å². The Bertz CT molecular complexity index is 2640. The molecule has 0 radical (unpaired) electrons. The van der Waals surface area contributed by atoms with Crippen LogP contribution < -0.4 is 20.9 Å². The average Bonchev–Trinajstić information content (AvgIpc) is 3.09. The lowest BCUT2D eigenvalue weighted by Crippen LogP contribution is -2.17. The lowest BCUT2D eigenvalue weighted by atomic mass is 10.0. The number of alkyl halides is 6. The molecule has 0 unspecified atom stereocenters. The maximum Gasteiger partial charge on any atom is 0.573 e. The molecule has 0 spiro atoms. The van der Waals surface area contributed by atoms with Crippen LogP contribution in [0, 0.1) is 0 Å². The molecule has 6 N–H and O–H groups in total. The van der Waals surface area contributed by atoms with E-state index in [9.17, 15) is 52.3 Å². The summed E-state index contributed by atoms with van der Waals surface area (Å²) in [6.07, 6.45) is -10.6. The van der Waals surface area contributed by atoms with E-state index in [4.69, 9.17) is 11.5 Å². The maximum atomic E-state index is 13.5. The molecule has 6 rings (SSSR count). The van der Waals surface area contributed by atoms with Gasteiger partial charge in [-0.05, 0) is 47.5 Å². The Balaban J connectivity index is 1.42. The Hall–Kier alpha value is -6.36. The van der Waals surface area contributed by atoms with Gasteiger partial charge in [-0.2, -0.15) is 16.8 Å². The summed E-state index contributed by atoms with van der Waals surface area (Å²) in [4.78, 5) is -1.22. The van der Waals surface area contributed by atoms with Crippen molar-refractivity contribution in [1.29, 1.82) is 0 Å². The molecule has 0 bridgehead atoms. The van der Waals surface area contributed by atoms with Crippen LogP contribution in [0.2, 0.25) is 0 Å². The predicted octanol–water partition coefficient (Wildman–Crippen LogP) is 9.95. The predicted molar refractivity (Wildman–Crippen MR) is 190 cm³/mol. The minimum atomic E-state index is -5.31. The number of nitrogens with zero attached hydrogens (tertiary/aromatic N) is 4. The van der Waals surface area contributed by atoms with Gasteiger partial charge in [0.1, 0.15) is 32.5 Å². The van der Waals surface area contributed by atoms with E-state index in [1.54, 1.807) is 0 Å². The van der Waals surface area contributed by atoms with E-state index in [0.717, 1.165) is 48.5 Å². The highest BCUT2D eigenvalue weighted by Crippen LogP contribution is 2.43. The third-order valence-electron chi connectivity index (χ3n) is 7.84. The average molecular weight is 821 g/mol. The first kappa shape index (κ1) is 39.3. The summed E-state index contributed by atoms with van der Waals surface area (Å²) in [5.74, 6) is -1.98. The van der Waals surface area contributed by atoms with Crippen LogP contribution in [-0.4, -0.2) is 38.7 Å². The van der Waals surface area contributed by atoms with Gasteiger partial charge in [-0.15, -0.1) is 46.8 Å².